The molecule has 0 spiro atoms. The van der Waals surface area contributed by atoms with Gasteiger partial charge in [-0.1, -0.05) is 41.6 Å². The van der Waals surface area contributed by atoms with Crippen LogP contribution in [-0.4, -0.2) is 50.5 Å². The minimum atomic E-state index is 0.0684. The molecule has 0 bridgehead atoms. The lowest BCUT2D eigenvalue weighted by Crippen LogP contribution is -2.46. The fraction of sp³-hybridized carbons (Fsp3) is 0.292. The second kappa shape index (κ2) is 8.34. The summed E-state index contributed by atoms with van der Waals surface area (Å²) >= 11 is 0. The van der Waals surface area contributed by atoms with Crippen LogP contribution in [0.25, 0.3) is 16.9 Å². The molecule has 0 aliphatic carbocycles. The summed E-state index contributed by atoms with van der Waals surface area (Å²) in [6.45, 7) is 6.60. The topological polar surface area (TPSA) is 73.6 Å². The molecule has 4 aromatic rings. The summed E-state index contributed by atoms with van der Waals surface area (Å²) < 4.78 is 7.60. The Morgan fingerprint density at radius 1 is 1.06 bits per heavy atom. The Kier molecular flexibility index (Phi) is 5.24. The third kappa shape index (κ3) is 3.83. The van der Waals surface area contributed by atoms with Gasteiger partial charge in [-0.3, -0.25) is 9.80 Å². The summed E-state index contributed by atoms with van der Waals surface area (Å²) in [7, 11) is 0. The first kappa shape index (κ1) is 19.5. The fourth-order valence-electron chi connectivity index (χ4n) is 4.24. The minimum absolute atomic E-state index is 0.0684. The molecule has 1 fully saturated rings. The Morgan fingerprint density at radius 2 is 1.84 bits per heavy atom. The van der Waals surface area contributed by atoms with Crippen molar-refractivity contribution in [2.45, 2.75) is 19.5 Å². The minimum Gasteiger partial charge on any atom is -0.337 e. The summed E-state index contributed by atoms with van der Waals surface area (Å²) in [5.41, 5.74) is 3.79. The number of aromatic nitrogens is 3. The molecule has 1 aromatic carbocycles. The van der Waals surface area contributed by atoms with Gasteiger partial charge in [0.15, 0.2) is 0 Å². The first-order valence-electron chi connectivity index (χ1n) is 10.6. The molecule has 31 heavy (non-hydrogen) atoms. The second-order valence-electron chi connectivity index (χ2n) is 7.94. The van der Waals surface area contributed by atoms with Crippen molar-refractivity contribution in [2.75, 3.05) is 26.2 Å². The van der Waals surface area contributed by atoms with E-state index in [1.54, 1.807) is 0 Å². The van der Waals surface area contributed by atoms with Gasteiger partial charge in [-0.15, -0.1) is 0 Å². The van der Waals surface area contributed by atoms with Crippen molar-refractivity contribution in [3.8, 4) is 17.5 Å². The maximum atomic E-state index is 9.65. The lowest BCUT2D eigenvalue weighted by Gasteiger charge is -2.36. The van der Waals surface area contributed by atoms with Crippen LogP contribution in [0.15, 0.2) is 65.4 Å². The first-order chi connectivity index (χ1) is 15.2. The van der Waals surface area contributed by atoms with E-state index < -0.39 is 0 Å². The highest BCUT2D eigenvalue weighted by molar-refractivity contribution is 5.65. The normalized spacial score (nSPS) is 16.4. The van der Waals surface area contributed by atoms with Crippen LogP contribution in [0.2, 0.25) is 0 Å². The molecule has 0 saturated carbocycles. The Labute approximate surface area is 181 Å². The second-order valence-corrected chi connectivity index (χ2v) is 7.94. The highest BCUT2D eigenvalue weighted by Gasteiger charge is 2.26. The van der Waals surface area contributed by atoms with Crippen molar-refractivity contribution in [2.24, 2.45) is 0 Å². The van der Waals surface area contributed by atoms with Crippen LogP contribution in [0.3, 0.4) is 0 Å². The molecular weight excluding hydrogens is 388 g/mol. The highest BCUT2D eigenvalue weighted by Crippen LogP contribution is 2.25. The number of nitriles is 1. The number of fused-ring (bicyclic) bond motifs is 1. The molecule has 1 atom stereocenters. The lowest BCUT2D eigenvalue weighted by atomic mass is 10.1. The molecule has 0 radical (unpaired) electrons. The van der Waals surface area contributed by atoms with Gasteiger partial charge in [0.1, 0.15) is 6.07 Å². The van der Waals surface area contributed by atoms with Crippen LogP contribution in [-0.2, 0) is 6.54 Å². The van der Waals surface area contributed by atoms with Gasteiger partial charge in [0.25, 0.3) is 0 Å². The third-order valence-corrected chi connectivity index (χ3v) is 6.05. The van der Waals surface area contributed by atoms with Crippen molar-refractivity contribution >= 4 is 5.52 Å². The number of rotatable bonds is 5. The number of hydrogen-bond acceptors (Lipinski definition) is 6. The smallest absolute Gasteiger partial charge is 0.244 e. The zero-order valence-electron chi connectivity index (χ0n) is 17.5. The molecule has 7 heteroatoms. The van der Waals surface area contributed by atoms with Crippen LogP contribution in [0.5, 0.6) is 0 Å². The van der Waals surface area contributed by atoms with E-state index in [1.165, 1.54) is 0 Å². The molecule has 1 saturated heterocycles. The Hall–Kier alpha value is -3.47. The molecule has 156 valence electrons. The van der Waals surface area contributed by atoms with Gasteiger partial charge in [-0.05, 0) is 19.1 Å². The van der Waals surface area contributed by atoms with Crippen LogP contribution in [0, 0.1) is 11.3 Å². The van der Waals surface area contributed by atoms with Crippen LogP contribution in [0.1, 0.15) is 30.0 Å². The molecule has 5 rings (SSSR count). The van der Waals surface area contributed by atoms with Crippen molar-refractivity contribution in [3.63, 3.8) is 0 Å². The van der Waals surface area contributed by atoms with Gasteiger partial charge in [-0.25, -0.2) is 0 Å². The van der Waals surface area contributed by atoms with Crippen LogP contribution in [0.4, 0.5) is 0 Å². The largest absolute Gasteiger partial charge is 0.337 e. The lowest BCUT2D eigenvalue weighted by molar-refractivity contribution is 0.0845. The molecule has 0 N–H and O–H groups in total. The first-order valence-corrected chi connectivity index (χ1v) is 10.6. The molecule has 1 aliphatic heterocycles. The average molecular weight is 412 g/mol. The highest BCUT2D eigenvalue weighted by atomic mass is 16.5. The van der Waals surface area contributed by atoms with E-state index in [2.05, 4.69) is 39.1 Å². The van der Waals surface area contributed by atoms with Gasteiger partial charge in [0.05, 0.1) is 17.1 Å². The fourth-order valence-corrected chi connectivity index (χ4v) is 4.24. The Bertz CT molecular complexity index is 1210. The van der Waals surface area contributed by atoms with Gasteiger partial charge in [0, 0.05) is 56.2 Å². The molecular formula is C24H24N6O. The number of piperazine rings is 1. The standard InChI is InChI=1S/C24H24N6O/c1-18(24-26-23(27-31-24)19-7-3-2-4-8-19)29-13-11-28(12-14-29)16-20-17-30-10-6-5-9-22(30)21(20)15-25/h2-10,17-18H,11-14,16H2,1H3. The summed E-state index contributed by atoms with van der Waals surface area (Å²) in [4.78, 5) is 9.40. The van der Waals surface area contributed by atoms with E-state index in [9.17, 15) is 5.26 Å². The van der Waals surface area contributed by atoms with E-state index in [1.807, 2.05) is 59.1 Å². The summed E-state index contributed by atoms with van der Waals surface area (Å²) in [5, 5.41) is 13.8. The maximum Gasteiger partial charge on any atom is 0.244 e. The summed E-state index contributed by atoms with van der Waals surface area (Å²) in [6.07, 6.45) is 4.07. The van der Waals surface area contributed by atoms with Crippen molar-refractivity contribution in [1.29, 1.82) is 5.26 Å². The predicted octanol–water partition coefficient (Wildman–Crippen LogP) is 3.74. The molecule has 4 heterocycles. The van der Waals surface area contributed by atoms with Crippen LogP contribution < -0.4 is 0 Å². The Balaban J connectivity index is 1.23. The van der Waals surface area contributed by atoms with Crippen molar-refractivity contribution < 1.29 is 4.52 Å². The predicted molar refractivity (Wildman–Crippen MR) is 117 cm³/mol. The third-order valence-electron chi connectivity index (χ3n) is 6.05. The molecule has 1 aliphatic rings. The van der Waals surface area contributed by atoms with Gasteiger partial charge in [-0.2, -0.15) is 10.2 Å². The monoisotopic (exact) mass is 412 g/mol. The Morgan fingerprint density at radius 3 is 2.61 bits per heavy atom. The molecule has 7 nitrogen and oxygen atoms in total. The number of pyridine rings is 1. The van der Waals surface area contributed by atoms with E-state index in [0.717, 1.165) is 54.9 Å². The van der Waals surface area contributed by atoms with E-state index in [0.29, 0.717) is 11.7 Å². The zero-order valence-corrected chi connectivity index (χ0v) is 17.5. The van der Waals surface area contributed by atoms with E-state index in [4.69, 9.17) is 4.52 Å². The van der Waals surface area contributed by atoms with Crippen molar-refractivity contribution in [1.82, 2.24) is 24.3 Å². The number of benzene rings is 1. The SMILES string of the molecule is CC(c1nc(-c2ccccc2)no1)N1CCN(Cc2cn3ccccc3c2C#N)CC1. The molecule has 1 unspecified atom stereocenters. The average Bonchev–Trinajstić information content (AvgIpc) is 3.44. The van der Waals surface area contributed by atoms with Crippen molar-refractivity contribution in [3.05, 3.63) is 77.9 Å². The van der Waals surface area contributed by atoms with Gasteiger partial charge < -0.3 is 8.92 Å². The number of hydrogen-bond donors (Lipinski definition) is 0. The number of nitrogens with zero attached hydrogens (tertiary/aromatic N) is 6. The summed E-state index contributed by atoms with van der Waals surface area (Å²) in [6, 6.07) is 18.3. The summed E-state index contributed by atoms with van der Waals surface area (Å²) in [5.74, 6) is 1.28. The quantitative estimate of drug-likeness (QED) is 0.497. The van der Waals surface area contributed by atoms with Crippen LogP contribution >= 0.6 is 0 Å². The maximum absolute atomic E-state index is 9.65. The molecule has 0 amide bonds. The van der Waals surface area contributed by atoms with Gasteiger partial charge in [0.2, 0.25) is 11.7 Å². The zero-order chi connectivity index (χ0) is 21.2. The van der Waals surface area contributed by atoms with E-state index in [-0.39, 0.29) is 6.04 Å². The van der Waals surface area contributed by atoms with E-state index >= 15 is 0 Å². The van der Waals surface area contributed by atoms with Gasteiger partial charge >= 0.3 is 0 Å². The molecule has 3 aromatic heterocycles.